The summed E-state index contributed by atoms with van der Waals surface area (Å²) >= 11 is 0. The number of hydrogen-bond acceptors (Lipinski definition) is 5. The van der Waals surface area contributed by atoms with Gasteiger partial charge < -0.3 is 19.7 Å². The first-order valence-corrected chi connectivity index (χ1v) is 8.22. The SMILES string of the molecule is COc1ccc2c3c1O[C@H]1C[C@@H](O)C=C[C@@]31CCN(CC(=O)O)C2. The summed E-state index contributed by atoms with van der Waals surface area (Å²) < 4.78 is 11.7. The number of rotatable bonds is 3. The third-order valence-electron chi connectivity index (χ3n) is 5.39. The molecule has 0 bridgehead atoms. The van der Waals surface area contributed by atoms with Gasteiger partial charge in [-0.05, 0) is 18.1 Å². The van der Waals surface area contributed by atoms with Gasteiger partial charge in [0.15, 0.2) is 11.5 Å². The molecule has 24 heavy (non-hydrogen) atoms. The average Bonchev–Trinajstić information content (AvgIpc) is 2.78. The Labute approximate surface area is 140 Å². The minimum absolute atomic E-state index is 0.0226. The van der Waals surface area contributed by atoms with E-state index in [-0.39, 0.29) is 18.1 Å². The Bertz CT molecular complexity index is 716. The maximum atomic E-state index is 11.1. The van der Waals surface area contributed by atoms with Gasteiger partial charge in [-0.25, -0.2) is 0 Å². The number of nitrogens with zero attached hydrogens (tertiary/aromatic N) is 1. The van der Waals surface area contributed by atoms with Gasteiger partial charge in [-0.1, -0.05) is 18.2 Å². The van der Waals surface area contributed by atoms with Crippen LogP contribution in [0.2, 0.25) is 0 Å². The standard InChI is InChI=1S/C18H21NO5/c1-23-13-3-2-11-9-19(10-15(21)22)7-6-18-5-4-12(20)8-14(18)24-17(13)16(11)18/h2-5,12,14,20H,6-10H2,1H3,(H,21,22)/t12-,14-,18-/m0/s1. The number of carbonyl (C=O) groups is 1. The van der Waals surface area contributed by atoms with Crippen LogP contribution in [0.15, 0.2) is 24.3 Å². The summed E-state index contributed by atoms with van der Waals surface area (Å²) in [4.78, 5) is 13.1. The number of benzene rings is 1. The van der Waals surface area contributed by atoms with Crippen LogP contribution in [-0.4, -0.2) is 53.5 Å². The molecule has 4 rings (SSSR count). The molecule has 0 amide bonds. The molecular weight excluding hydrogens is 310 g/mol. The number of aliphatic carboxylic acids is 1. The topological polar surface area (TPSA) is 79.2 Å². The minimum atomic E-state index is -0.819. The van der Waals surface area contributed by atoms with E-state index in [1.807, 2.05) is 23.1 Å². The Kier molecular flexibility index (Phi) is 3.54. The highest BCUT2D eigenvalue weighted by molar-refractivity contribution is 5.69. The summed E-state index contributed by atoms with van der Waals surface area (Å²) in [5.74, 6) is 0.619. The molecule has 1 aromatic rings. The van der Waals surface area contributed by atoms with E-state index >= 15 is 0 Å². The van der Waals surface area contributed by atoms with E-state index in [1.165, 1.54) is 0 Å². The lowest BCUT2D eigenvalue weighted by Crippen LogP contribution is -2.43. The maximum Gasteiger partial charge on any atom is 0.317 e. The van der Waals surface area contributed by atoms with Gasteiger partial charge in [0, 0.05) is 25.1 Å². The smallest absolute Gasteiger partial charge is 0.317 e. The van der Waals surface area contributed by atoms with Crippen LogP contribution < -0.4 is 9.47 Å². The number of carboxylic acid groups (broad SMARTS) is 1. The summed E-state index contributed by atoms with van der Waals surface area (Å²) in [5.41, 5.74) is 1.86. The van der Waals surface area contributed by atoms with E-state index < -0.39 is 12.1 Å². The second-order valence-electron chi connectivity index (χ2n) is 6.79. The number of carboxylic acids is 1. The van der Waals surface area contributed by atoms with E-state index in [2.05, 4.69) is 6.08 Å². The molecule has 0 unspecified atom stereocenters. The molecule has 0 saturated heterocycles. The molecule has 0 fully saturated rings. The Morgan fingerprint density at radius 3 is 3.08 bits per heavy atom. The van der Waals surface area contributed by atoms with Crippen LogP contribution in [0.1, 0.15) is 24.0 Å². The van der Waals surface area contributed by atoms with Crippen molar-refractivity contribution in [1.82, 2.24) is 4.90 Å². The van der Waals surface area contributed by atoms with Gasteiger partial charge >= 0.3 is 5.97 Å². The van der Waals surface area contributed by atoms with Crippen molar-refractivity contribution in [3.05, 3.63) is 35.4 Å². The highest BCUT2D eigenvalue weighted by atomic mass is 16.5. The van der Waals surface area contributed by atoms with Crippen LogP contribution in [0.3, 0.4) is 0 Å². The Balaban J connectivity index is 1.85. The van der Waals surface area contributed by atoms with Crippen molar-refractivity contribution in [2.45, 2.75) is 37.0 Å². The molecule has 0 radical (unpaired) electrons. The number of aliphatic hydroxyl groups is 1. The fourth-order valence-corrected chi connectivity index (χ4v) is 4.32. The molecule has 1 spiro atoms. The van der Waals surface area contributed by atoms with Crippen molar-refractivity contribution in [3.8, 4) is 11.5 Å². The third kappa shape index (κ3) is 2.21. The second kappa shape index (κ2) is 5.50. The van der Waals surface area contributed by atoms with Gasteiger partial charge in [0.1, 0.15) is 6.10 Å². The van der Waals surface area contributed by atoms with Crippen LogP contribution >= 0.6 is 0 Å². The van der Waals surface area contributed by atoms with E-state index in [0.717, 1.165) is 23.3 Å². The number of aliphatic hydroxyl groups excluding tert-OH is 1. The maximum absolute atomic E-state index is 11.1. The lowest BCUT2D eigenvalue weighted by Gasteiger charge is -2.35. The van der Waals surface area contributed by atoms with Crippen LogP contribution in [0.25, 0.3) is 0 Å². The molecule has 3 aliphatic rings. The molecule has 1 aromatic carbocycles. The van der Waals surface area contributed by atoms with Crippen molar-refractivity contribution in [2.75, 3.05) is 20.2 Å². The predicted molar refractivity (Wildman–Crippen MR) is 86.4 cm³/mol. The van der Waals surface area contributed by atoms with Crippen LogP contribution in [0.5, 0.6) is 11.5 Å². The van der Waals surface area contributed by atoms with Crippen molar-refractivity contribution in [2.24, 2.45) is 0 Å². The summed E-state index contributed by atoms with van der Waals surface area (Å²) in [6, 6.07) is 3.88. The Morgan fingerprint density at radius 2 is 2.33 bits per heavy atom. The van der Waals surface area contributed by atoms with Gasteiger partial charge in [0.2, 0.25) is 0 Å². The zero-order chi connectivity index (χ0) is 16.9. The molecule has 2 N–H and O–H groups in total. The predicted octanol–water partition coefficient (Wildman–Crippen LogP) is 1.31. The van der Waals surface area contributed by atoms with E-state index in [1.54, 1.807) is 7.11 Å². The summed E-state index contributed by atoms with van der Waals surface area (Å²) in [7, 11) is 1.62. The lowest BCUT2D eigenvalue weighted by atomic mass is 9.69. The first-order valence-electron chi connectivity index (χ1n) is 8.22. The highest BCUT2D eigenvalue weighted by Crippen LogP contribution is 2.55. The van der Waals surface area contributed by atoms with Gasteiger partial charge in [-0.2, -0.15) is 0 Å². The zero-order valence-corrected chi connectivity index (χ0v) is 13.6. The molecule has 3 atom stereocenters. The van der Waals surface area contributed by atoms with Crippen LogP contribution in [0, 0.1) is 0 Å². The molecule has 0 saturated carbocycles. The summed E-state index contributed by atoms with van der Waals surface area (Å²) in [5, 5.41) is 19.2. The van der Waals surface area contributed by atoms with Crippen LogP contribution in [0.4, 0.5) is 0 Å². The lowest BCUT2D eigenvalue weighted by molar-refractivity contribution is -0.138. The van der Waals surface area contributed by atoms with E-state index in [0.29, 0.717) is 25.3 Å². The summed E-state index contributed by atoms with van der Waals surface area (Å²) in [6.45, 7) is 1.27. The molecule has 2 heterocycles. The van der Waals surface area contributed by atoms with Gasteiger partial charge in [-0.15, -0.1) is 0 Å². The molecule has 2 aliphatic heterocycles. The highest BCUT2D eigenvalue weighted by Gasteiger charge is 2.52. The fourth-order valence-electron chi connectivity index (χ4n) is 4.32. The Hall–Kier alpha value is -2.05. The number of ether oxygens (including phenoxy) is 2. The zero-order valence-electron chi connectivity index (χ0n) is 13.6. The summed E-state index contributed by atoms with van der Waals surface area (Å²) in [6.07, 6.45) is 4.54. The molecule has 128 valence electrons. The van der Waals surface area contributed by atoms with Gasteiger partial charge in [0.05, 0.1) is 25.2 Å². The number of methoxy groups -OCH3 is 1. The third-order valence-corrected chi connectivity index (χ3v) is 5.39. The van der Waals surface area contributed by atoms with Crippen molar-refractivity contribution < 1.29 is 24.5 Å². The van der Waals surface area contributed by atoms with Gasteiger partial charge in [-0.3, -0.25) is 9.69 Å². The molecule has 6 nitrogen and oxygen atoms in total. The van der Waals surface area contributed by atoms with Crippen LogP contribution in [-0.2, 0) is 16.8 Å². The van der Waals surface area contributed by atoms with E-state index in [9.17, 15) is 9.90 Å². The quantitative estimate of drug-likeness (QED) is 0.813. The first-order chi connectivity index (χ1) is 11.5. The van der Waals surface area contributed by atoms with Crippen molar-refractivity contribution in [3.63, 3.8) is 0 Å². The largest absolute Gasteiger partial charge is 0.493 e. The fraction of sp³-hybridized carbons (Fsp3) is 0.500. The second-order valence-corrected chi connectivity index (χ2v) is 6.79. The van der Waals surface area contributed by atoms with Crippen molar-refractivity contribution in [1.29, 1.82) is 0 Å². The monoisotopic (exact) mass is 331 g/mol. The molecule has 6 heteroatoms. The number of hydrogen-bond donors (Lipinski definition) is 2. The minimum Gasteiger partial charge on any atom is -0.493 e. The van der Waals surface area contributed by atoms with Crippen molar-refractivity contribution >= 4 is 5.97 Å². The van der Waals surface area contributed by atoms with E-state index in [4.69, 9.17) is 14.6 Å². The van der Waals surface area contributed by atoms with Gasteiger partial charge in [0.25, 0.3) is 0 Å². The average molecular weight is 331 g/mol. The molecule has 0 aromatic heterocycles. The molecule has 1 aliphatic carbocycles. The first kappa shape index (κ1) is 15.5. The normalized spacial score (nSPS) is 30.9. The Morgan fingerprint density at radius 1 is 1.50 bits per heavy atom. The molecular formula is C18H21NO5.